The Morgan fingerprint density at radius 1 is 1.37 bits per heavy atom. The molecular weight excluding hydrogens is 248 g/mol. The summed E-state index contributed by atoms with van der Waals surface area (Å²) in [4.78, 5) is 11.7. The van der Waals surface area contributed by atoms with Gasteiger partial charge in [0, 0.05) is 6.92 Å². The third-order valence-electron chi connectivity index (χ3n) is 3.30. The first kappa shape index (κ1) is 11.8. The van der Waals surface area contributed by atoms with Crippen molar-refractivity contribution in [2.75, 3.05) is 7.11 Å². The molecule has 1 atom stereocenters. The molecule has 3 rings (SSSR count). The zero-order valence-corrected chi connectivity index (χ0v) is 10.4. The van der Waals surface area contributed by atoms with Crippen molar-refractivity contribution in [1.29, 1.82) is 0 Å². The zero-order chi connectivity index (χ0) is 13.8. The number of esters is 1. The highest BCUT2D eigenvalue weighted by Gasteiger charge is 2.43. The number of aromatic hydroxyl groups is 1. The highest BCUT2D eigenvalue weighted by Crippen LogP contribution is 2.46. The van der Waals surface area contributed by atoms with Crippen LogP contribution in [0.1, 0.15) is 22.8 Å². The first-order valence-electron chi connectivity index (χ1n) is 5.74. The molecule has 5 heteroatoms. The lowest BCUT2D eigenvalue weighted by atomic mass is 9.96. The summed E-state index contributed by atoms with van der Waals surface area (Å²) in [5, 5.41) is 21.5. The van der Waals surface area contributed by atoms with Crippen LogP contribution in [0.5, 0.6) is 11.5 Å². The van der Waals surface area contributed by atoms with E-state index in [4.69, 9.17) is 9.47 Å². The molecule has 1 aliphatic rings. The average molecular weight is 260 g/mol. The zero-order valence-electron chi connectivity index (χ0n) is 10.4. The molecule has 0 radical (unpaired) electrons. The monoisotopic (exact) mass is 260 g/mol. The maximum atomic E-state index is 11.7. The van der Waals surface area contributed by atoms with Crippen molar-refractivity contribution < 1.29 is 24.5 Å². The molecule has 0 spiro atoms. The fourth-order valence-electron chi connectivity index (χ4n) is 2.49. The highest BCUT2D eigenvalue weighted by atomic mass is 16.7. The van der Waals surface area contributed by atoms with Crippen molar-refractivity contribution in [3.8, 4) is 11.5 Å². The van der Waals surface area contributed by atoms with Gasteiger partial charge in [-0.3, -0.25) is 0 Å². The van der Waals surface area contributed by atoms with Gasteiger partial charge in [-0.15, -0.1) is 0 Å². The molecule has 2 N–H and O–H groups in total. The van der Waals surface area contributed by atoms with Crippen molar-refractivity contribution >= 4 is 16.7 Å². The molecule has 19 heavy (non-hydrogen) atoms. The van der Waals surface area contributed by atoms with Crippen molar-refractivity contribution in [2.45, 2.75) is 12.7 Å². The Kier molecular flexibility index (Phi) is 2.24. The summed E-state index contributed by atoms with van der Waals surface area (Å²) in [7, 11) is 1.49. The SMILES string of the molecule is COc1cccc2cc3c(c(O)c12)C(C)(O)OC3=O. The number of phenols is 1. The maximum absolute atomic E-state index is 11.7. The summed E-state index contributed by atoms with van der Waals surface area (Å²) in [6.45, 7) is 1.32. The molecule has 1 heterocycles. The molecule has 0 fully saturated rings. The number of methoxy groups -OCH3 is 1. The Morgan fingerprint density at radius 2 is 2.11 bits per heavy atom. The van der Waals surface area contributed by atoms with E-state index >= 15 is 0 Å². The molecule has 0 bridgehead atoms. The first-order valence-corrected chi connectivity index (χ1v) is 5.74. The Balaban J connectivity index is 2.47. The van der Waals surface area contributed by atoms with Gasteiger partial charge in [0.05, 0.1) is 23.6 Å². The number of carbonyl (C=O) groups excluding carboxylic acids is 1. The Labute approximate surface area is 109 Å². The molecule has 5 nitrogen and oxygen atoms in total. The lowest BCUT2D eigenvalue weighted by Gasteiger charge is -2.18. The van der Waals surface area contributed by atoms with Gasteiger partial charge in [0.2, 0.25) is 5.79 Å². The number of aliphatic hydroxyl groups is 1. The van der Waals surface area contributed by atoms with Crippen LogP contribution in [-0.4, -0.2) is 23.3 Å². The molecule has 0 aromatic heterocycles. The summed E-state index contributed by atoms with van der Waals surface area (Å²) < 4.78 is 10.1. The fourth-order valence-corrected chi connectivity index (χ4v) is 2.49. The van der Waals surface area contributed by atoms with E-state index in [2.05, 4.69) is 0 Å². The molecule has 0 aliphatic carbocycles. The number of hydrogen-bond acceptors (Lipinski definition) is 5. The molecular formula is C14H12O5. The second-order valence-corrected chi connectivity index (χ2v) is 4.58. The Hall–Kier alpha value is -2.27. The summed E-state index contributed by atoms with van der Waals surface area (Å²) in [6, 6.07) is 6.78. The standard InChI is InChI=1S/C14H12O5/c1-14(17)11-8(13(16)19-14)6-7-4-3-5-9(18-2)10(7)12(11)15/h3-6,15,17H,1-2H3. The minimum Gasteiger partial charge on any atom is -0.507 e. The molecule has 1 aliphatic heterocycles. The third kappa shape index (κ3) is 1.48. The molecule has 0 saturated carbocycles. The highest BCUT2D eigenvalue weighted by molar-refractivity contribution is 6.04. The van der Waals surface area contributed by atoms with Crippen molar-refractivity contribution in [1.82, 2.24) is 0 Å². The summed E-state index contributed by atoms with van der Waals surface area (Å²) in [6.07, 6.45) is 0. The van der Waals surface area contributed by atoms with Crippen LogP contribution in [0.15, 0.2) is 24.3 Å². The largest absolute Gasteiger partial charge is 0.507 e. The fraction of sp³-hybridized carbons (Fsp3) is 0.214. The number of ether oxygens (including phenoxy) is 2. The van der Waals surface area contributed by atoms with Gasteiger partial charge in [-0.2, -0.15) is 0 Å². The third-order valence-corrected chi connectivity index (χ3v) is 3.30. The predicted octanol–water partition coefficient (Wildman–Crippen LogP) is 1.89. The van der Waals surface area contributed by atoms with Crippen molar-refractivity contribution in [3.05, 3.63) is 35.4 Å². The number of rotatable bonds is 1. The molecule has 0 amide bonds. The van der Waals surface area contributed by atoms with Crippen LogP contribution >= 0.6 is 0 Å². The summed E-state index contributed by atoms with van der Waals surface area (Å²) in [5.41, 5.74) is 0.248. The second kappa shape index (κ2) is 3.61. The number of cyclic esters (lactones) is 1. The Morgan fingerprint density at radius 3 is 2.79 bits per heavy atom. The lowest BCUT2D eigenvalue weighted by molar-refractivity contribution is -0.148. The van der Waals surface area contributed by atoms with Crippen LogP contribution in [0.25, 0.3) is 10.8 Å². The van der Waals surface area contributed by atoms with E-state index in [-0.39, 0.29) is 16.9 Å². The van der Waals surface area contributed by atoms with Gasteiger partial charge in [-0.05, 0) is 17.5 Å². The van der Waals surface area contributed by atoms with E-state index in [1.807, 2.05) is 0 Å². The number of phenolic OH excluding ortho intramolecular Hbond substituents is 1. The van der Waals surface area contributed by atoms with Crippen LogP contribution in [0.2, 0.25) is 0 Å². The summed E-state index contributed by atoms with van der Waals surface area (Å²) in [5.74, 6) is -2.21. The van der Waals surface area contributed by atoms with E-state index < -0.39 is 11.8 Å². The van der Waals surface area contributed by atoms with Gasteiger partial charge in [0.25, 0.3) is 0 Å². The van der Waals surface area contributed by atoms with Crippen LogP contribution in [0, 0.1) is 0 Å². The smallest absolute Gasteiger partial charge is 0.341 e. The van der Waals surface area contributed by atoms with Crippen molar-refractivity contribution in [2.24, 2.45) is 0 Å². The number of hydrogen-bond donors (Lipinski definition) is 2. The molecule has 0 saturated heterocycles. The van der Waals surface area contributed by atoms with E-state index in [9.17, 15) is 15.0 Å². The van der Waals surface area contributed by atoms with Crippen LogP contribution in [0.3, 0.4) is 0 Å². The quantitative estimate of drug-likeness (QED) is 0.766. The van der Waals surface area contributed by atoms with Crippen LogP contribution in [0.4, 0.5) is 0 Å². The van der Waals surface area contributed by atoms with Gasteiger partial charge in [0.15, 0.2) is 0 Å². The predicted molar refractivity (Wildman–Crippen MR) is 67.2 cm³/mol. The van der Waals surface area contributed by atoms with E-state index in [1.54, 1.807) is 24.3 Å². The van der Waals surface area contributed by atoms with Gasteiger partial charge in [0.1, 0.15) is 11.5 Å². The van der Waals surface area contributed by atoms with Gasteiger partial charge >= 0.3 is 5.97 Å². The van der Waals surface area contributed by atoms with Gasteiger partial charge < -0.3 is 19.7 Å². The minimum absolute atomic E-state index is 0.0782. The first-order chi connectivity index (χ1) is 8.95. The van der Waals surface area contributed by atoms with Gasteiger partial charge in [-0.25, -0.2) is 4.79 Å². The topological polar surface area (TPSA) is 76.0 Å². The number of fused-ring (bicyclic) bond motifs is 2. The normalized spacial score (nSPS) is 21.3. The minimum atomic E-state index is -1.83. The molecule has 2 aromatic rings. The van der Waals surface area contributed by atoms with E-state index in [0.29, 0.717) is 16.5 Å². The van der Waals surface area contributed by atoms with Crippen LogP contribution in [-0.2, 0) is 10.5 Å². The lowest BCUT2D eigenvalue weighted by Crippen LogP contribution is -2.20. The van der Waals surface area contributed by atoms with E-state index in [1.165, 1.54) is 14.0 Å². The molecule has 98 valence electrons. The average Bonchev–Trinajstić information content (AvgIpc) is 2.59. The Bertz CT molecular complexity index is 703. The van der Waals surface area contributed by atoms with Gasteiger partial charge in [-0.1, -0.05) is 12.1 Å². The van der Waals surface area contributed by atoms with Crippen molar-refractivity contribution in [3.63, 3.8) is 0 Å². The molecule has 2 aromatic carbocycles. The second-order valence-electron chi connectivity index (χ2n) is 4.58. The number of benzene rings is 2. The van der Waals surface area contributed by atoms with Crippen LogP contribution < -0.4 is 4.74 Å². The number of carbonyl (C=O) groups is 1. The summed E-state index contributed by atoms with van der Waals surface area (Å²) >= 11 is 0. The maximum Gasteiger partial charge on any atom is 0.341 e. The molecule has 1 unspecified atom stereocenters. The van der Waals surface area contributed by atoms with E-state index in [0.717, 1.165) is 0 Å².